The molecule has 2 heterocycles. The molecule has 8 heteroatoms. The lowest BCUT2D eigenvalue weighted by Gasteiger charge is -2.07. The fourth-order valence-corrected chi connectivity index (χ4v) is 5.64. The maximum Gasteiger partial charge on any atom is 0.266 e. The molecule has 0 saturated heterocycles. The van der Waals surface area contributed by atoms with Gasteiger partial charge >= 0.3 is 0 Å². The Bertz CT molecular complexity index is 1330. The maximum absolute atomic E-state index is 14.3. The van der Waals surface area contributed by atoms with Gasteiger partial charge in [-0.25, -0.2) is 12.8 Å². The number of H-pyrrole nitrogens is 1. The Labute approximate surface area is 169 Å². The van der Waals surface area contributed by atoms with Crippen molar-refractivity contribution >= 4 is 42.9 Å². The first-order valence-corrected chi connectivity index (χ1v) is 11.1. The minimum atomic E-state index is -4.08. The molecule has 0 aliphatic heterocycles. The lowest BCUT2D eigenvalue weighted by molar-refractivity contribution is 0.586. The van der Waals surface area contributed by atoms with Crippen LogP contribution in [-0.4, -0.2) is 13.4 Å². The molecule has 4 rings (SSSR count). The first-order chi connectivity index (χ1) is 13.3. The maximum atomic E-state index is 14.3. The molecule has 1 N–H and O–H groups in total. The van der Waals surface area contributed by atoms with Crippen molar-refractivity contribution in [1.82, 2.24) is 4.98 Å². The molecule has 0 aliphatic rings. The summed E-state index contributed by atoms with van der Waals surface area (Å²) in [6.45, 7) is 0. The smallest absolute Gasteiger partial charge is 0.266 e. The number of pyridine rings is 1. The van der Waals surface area contributed by atoms with Crippen LogP contribution in [0.3, 0.4) is 0 Å². The summed E-state index contributed by atoms with van der Waals surface area (Å²) >= 11 is 7.33. The number of rotatable bonds is 4. The second kappa shape index (κ2) is 7.16. The molecule has 0 bridgehead atoms. The number of benzene rings is 2. The van der Waals surface area contributed by atoms with Crippen molar-refractivity contribution in [3.05, 3.63) is 87.6 Å². The highest BCUT2D eigenvalue weighted by atomic mass is 35.5. The Morgan fingerprint density at radius 3 is 2.64 bits per heavy atom. The van der Waals surface area contributed by atoms with Gasteiger partial charge in [0, 0.05) is 21.3 Å². The van der Waals surface area contributed by atoms with Crippen molar-refractivity contribution in [1.29, 1.82) is 0 Å². The van der Waals surface area contributed by atoms with Gasteiger partial charge in [-0.15, -0.1) is 11.3 Å². The Kier molecular flexibility index (Phi) is 4.82. The molecule has 4 aromatic rings. The molecule has 0 spiro atoms. The topological polar surface area (TPSA) is 67.0 Å². The molecular weight excluding hydrogens is 421 g/mol. The molecular formula is C20H13ClFNO3S2. The molecule has 2 aromatic carbocycles. The molecule has 4 nitrogen and oxygen atoms in total. The largest absolute Gasteiger partial charge is 0.326 e. The third kappa shape index (κ3) is 3.61. The van der Waals surface area contributed by atoms with Crippen LogP contribution in [-0.2, 0) is 15.6 Å². The standard InChI is InChI=1S/C20H13ClFNO3S2/c21-15-9-19(20(24)23-10-15)28(25,26)11-14-7-13(5-6-16(14)22)18-8-12-3-1-2-4-17(12)27-18/h1-10H,11H2,(H,23,24). The van der Waals surface area contributed by atoms with E-state index >= 15 is 0 Å². The average molecular weight is 434 g/mol. The summed E-state index contributed by atoms with van der Waals surface area (Å²) in [4.78, 5) is 14.6. The molecule has 0 aliphatic carbocycles. The second-order valence-electron chi connectivity index (χ2n) is 6.23. The highest BCUT2D eigenvalue weighted by Crippen LogP contribution is 2.34. The van der Waals surface area contributed by atoms with Gasteiger partial charge in [0.05, 0.1) is 10.8 Å². The number of aromatic nitrogens is 1. The van der Waals surface area contributed by atoms with Crippen molar-refractivity contribution in [2.75, 3.05) is 0 Å². The van der Waals surface area contributed by atoms with Crippen LogP contribution in [0.5, 0.6) is 0 Å². The Morgan fingerprint density at radius 2 is 1.86 bits per heavy atom. The Balaban J connectivity index is 1.75. The van der Waals surface area contributed by atoms with Crippen LogP contribution in [0.1, 0.15) is 5.56 Å². The molecule has 0 saturated carbocycles. The van der Waals surface area contributed by atoms with Gasteiger partial charge in [-0.3, -0.25) is 4.79 Å². The minimum Gasteiger partial charge on any atom is -0.326 e. The predicted molar refractivity (Wildman–Crippen MR) is 110 cm³/mol. The highest BCUT2D eigenvalue weighted by molar-refractivity contribution is 7.90. The second-order valence-corrected chi connectivity index (χ2v) is 9.70. The number of hydrogen-bond acceptors (Lipinski definition) is 4. The van der Waals surface area contributed by atoms with E-state index in [4.69, 9.17) is 11.6 Å². The SMILES string of the molecule is O=c1[nH]cc(Cl)cc1S(=O)(=O)Cc1cc(-c2cc3ccccc3s2)ccc1F. The summed E-state index contributed by atoms with van der Waals surface area (Å²) in [6.07, 6.45) is 1.20. The van der Waals surface area contributed by atoms with Gasteiger partial charge in [0.25, 0.3) is 5.56 Å². The van der Waals surface area contributed by atoms with Crippen molar-refractivity contribution in [2.24, 2.45) is 0 Å². The third-order valence-corrected chi connectivity index (χ3v) is 7.32. The number of nitrogens with one attached hydrogen (secondary N) is 1. The van der Waals surface area contributed by atoms with Gasteiger partial charge in [-0.2, -0.15) is 0 Å². The average Bonchev–Trinajstić information content (AvgIpc) is 3.09. The zero-order chi connectivity index (χ0) is 19.9. The first-order valence-electron chi connectivity index (χ1n) is 8.22. The van der Waals surface area contributed by atoms with Gasteiger partial charge < -0.3 is 4.98 Å². The summed E-state index contributed by atoms with van der Waals surface area (Å²) < 4.78 is 40.8. The van der Waals surface area contributed by atoms with Crippen LogP contribution < -0.4 is 5.56 Å². The molecule has 0 atom stereocenters. The first kappa shape index (κ1) is 18.9. The van der Waals surface area contributed by atoms with E-state index in [0.717, 1.165) is 21.0 Å². The summed E-state index contributed by atoms with van der Waals surface area (Å²) in [5.74, 6) is -1.28. The van der Waals surface area contributed by atoms with Crippen molar-refractivity contribution in [2.45, 2.75) is 10.6 Å². The minimum absolute atomic E-state index is 0.00525. The van der Waals surface area contributed by atoms with Crippen LogP contribution in [0, 0.1) is 5.82 Å². The number of aromatic amines is 1. The van der Waals surface area contributed by atoms with E-state index in [0.29, 0.717) is 5.56 Å². The monoisotopic (exact) mass is 433 g/mol. The fraction of sp³-hybridized carbons (Fsp3) is 0.0500. The molecule has 142 valence electrons. The van der Waals surface area contributed by atoms with E-state index in [-0.39, 0.29) is 10.6 Å². The van der Waals surface area contributed by atoms with Crippen molar-refractivity contribution in [3.8, 4) is 10.4 Å². The van der Waals surface area contributed by atoms with E-state index < -0.39 is 31.9 Å². The molecule has 0 radical (unpaired) electrons. The van der Waals surface area contributed by atoms with Crippen molar-refractivity contribution in [3.63, 3.8) is 0 Å². The zero-order valence-corrected chi connectivity index (χ0v) is 16.7. The fourth-order valence-electron chi connectivity index (χ4n) is 2.91. The van der Waals surface area contributed by atoms with E-state index in [1.165, 1.54) is 29.7 Å². The van der Waals surface area contributed by atoms with E-state index in [2.05, 4.69) is 4.98 Å². The van der Waals surface area contributed by atoms with E-state index in [1.54, 1.807) is 6.07 Å². The van der Waals surface area contributed by atoms with Crippen molar-refractivity contribution < 1.29 is 12.8 Å². The summed E-state index contributed by atoms with van der Waals surface area (Å²) in [5, 5.41) is 1.14. The zero-order valence-electron chi connectivity index (χ0n) is 14.3. The van der Waals surface area contributed by atoms with Crippen LogP contribution in [0.25, 0.3) is 20.5 Å². The van der Waals surface area contributed by atoms with Gasteiger partial charge in [0.15, 0.2) is 9.84 Å². The Hall–Kier alpha value is -2.48. The van der Waals surface area contributed by atoms with E-state index in [9.17, 15) is 17.6 Å². The van der Waals surface area contributed by atoms with Crippen LogP contribution in [0.4, 0.5) is 4.39 Å². The summed E-state index contributed by atoms with van der Waals surface area (Å²) in [7, 11) is -4.08. The van der Waals surface area contributed by atoms with Crippen LogP contribution in [0.2, 0.25) is 5.02 Å². The van der Waals surface area contributed by atoms with Gasteiger partial charge in [0.1, 0.15) is 10.7 Å². The van der Waals surface area contributed by atoms with Gasteiger partial charge in [-0.1, -0.05) is 35.9 Å². The summed E-state index contributed by atoms with van der Waals surface area (Å²) in [6, 6.07) is 15.3. The summed E-state index contributed by atoms with van der Waals surface area (Å²) in [5.41, 5.74) is -0.0763. The molecule has 28 heavy (non-hydrogen) atoms. The predicted octanol–water partition coefficient (Wildman–Crippen LogP) is 5.02. The molecule has 2 aromatic heterocycles. The number of hydrogen-bond donors (Lipinski definition) is 1. The number of fused-ring (bicyclic) bond motifs is 1. The highest BCUT2D eigenvalue weighted by Gasteiger charge is 2.22. The number of sulfone groups is 1. The lowest BCUT2D eigenvalue weighted by Crippen LogP contribution is -2.18. The Morgan fingerprint density at radius 1 is 1.07 bits per heavy atom. The molecule has 0 amide bonds. The lowest BCUT2D eigenvalue weighted by atomic mass is 10.1. The quantitative estimate of drug-likeness (QED) is 0.491. The molecule has 0 unspecified atom stereocenters. The van der Waals surface area contributed by atoms with Crippen LogP contribution in [0.15, 0.2) is 70.5 Å². The number of thiophene rings is 1. The number of halogens is 2. The molecule has 0 fully saturated rings. The van der Waals surface area contributed by atoms with Crippen LogP contribution >= 0.6 is 22.9 Å². The van der Waals surface area contributed by atoms with E-state index in [1.807, 2.05) is 30.3 Å². The van der Waals surface area contributed by atoms with Gasteiger partial charge in [0.2, 0.25) is 0 Å². The van der Waals surface area contributed by atoms with Gasteiger partial charge in [-0.05, 0) is 41.3 Å². The normalized spacial score (nSPS) is 11.8. The third-order valence-electron chi connectivity index (χ3n) is 4.27.